The number of hydrogen-bond acceptors (Lipinski definition) is 5. The van der Waals surface area contributed by atoms with E-state index in [0.717, 1.165) is 91.9 Å². The van der Waals surface area contributed by atoms with Crippen molar-refractivity contribution in [3.05, 3.63) is 63.8 Å². The quantitative estimate of drug-likeness (QED) is 0.498. The monoisotopic (exact) mass is 510 g/mol. The van der Waals surface area contributed by atoms with Crippen LogP contribution in [0, 0.1) is 11.3 Å². The molecule has 6 heteroatoms. The zero-order valence-corrected chi connectivity index (χ0v) is 23.1. The molecule has 1 aliphatic carbocycles. The summed E-state index contributed by atoms with van der Waals surface area (Å²) in [4.78, 5) is 22.7. The van der Waals surface area contributed by atoms with Gasteiger partial charge in [0, 0.05) is 65.0 Å². The SMILES string of the molecule is CCc1cc2c(cc1N1CCC(CC)(N3CCOCC3)CC1)C(C)(C)c1[nH]c3cc(C#N)ccc3c1C2=O. The van der Waals surface area contributed by atoms with E-state index in [2.05, 4.69) is 60.7 Å². The van der Waals surface area contributed by atoms with Crippen molar-refractivity contribution in [2.75, 3.05) is 44.3 Å². The summed E-state index contributed by atoms with van der Waals surface area (Å²) in [5.41, 5.74) is 7.51. The molecule has 0 atom stereocenters. The Morgan fingerprint density at radius 2 is 1.79 bits per heavy atom. The molecule has 3 aromatic rings. The van der Waals surface area contributed by atoms with Gasteiger partial charge >= 0.3 is 0 Å². The Morgan fingerprint density at radius 1 is 1.05 bits per heavy atom. The lowest BCUT2D eigenvalue weighted by Gasteiger charge is -2.50. The molecule has 198 valence electrons. The Labute approximate surface area is 225 Å². The van der Waals surface area contributed by atoms with Gasteiger partial charge in [0.05, 0.1) is 30.4 Å². The summed E-state index contributed by atoms with van der Waals surface area (Å²) in [7, 11) is 0. The highest BCUT2D eigenvalue weighted by Gasteiger charge is 2.42. The normalized spacial score (nSPS) is 20.7. The second-order valence-corrected chi connectivity index (χ2v) is 11.7. The maximum absolute atomic E-state index is 14.0. The first-order chi connectivity index (χ1) is 18.3. The molecule has 3 heterocycles. The van der Waals surface area contributed by atoms with Gasteiger partial charge in [0.25, 0.3) is 0 Å². The van der Waals surface area contributed by atoms with Gasteiger partial charge in [0.15, 0.2) is 5.78 Å². The van der Waals surface area contributed by atoms with Gasteiger partial charge < -0.3 is 14.6 Å². The van der Waals surface area contributed by atoms with E-state index in [4.69, 9.17) is 4.74 Å². The van der Waals surface area contributed by atoms with Crippen molar-refractivity contribution in [3.8, 4) is 6.07 Å². The van der Waals surface area contributed by atoms with E-state index in [1.807, 2.05) is 12.1 Å². The summed E-state index contributed by atoms with van der Waals surface area (Å²) in [6.45, 7) is 14.8. The summed E-state index contributed by atoms with van der Waals surface area (Å²) in [6.07, 6.45) is 4.37. The number of fused-ring (bicyclic) bond motifs is 4. The van der Waals surface area contributed by atoms with Crippen LogP contribution in [0.25, 0.3) is 10.9 Å². The fraction of sp³-hybridized carbons (Fsp3) is 0.500. The van der Waals surface area contributed by atoms with E-state index >= 15 is 0 Å². The number of rotatable bonds is 4. The number of ketones is 1. The number of aryl methyl sites for hydroxylation is 1. The second-order valence-electron chi connectivity index (χ2n) is 11.7. The molecule has 0 amide bonds. The van der Waals surface area contributed by atoms with Crippen LogP contribution < -0.4 is 4.90 Å². The number of aromatic amines is 1. The maximum Gasteiger partial charge on any atom is 0.195 e. The highest BCUT2D eigenvalue weighted by atomic mass is 16.5. The van der Waals surface area contributed by atoms with Crippen molar-refractivity contribution in [3.63, 3.8) is 0 Å². The van der Waals surface area contributed by atoms with E-state index in [9.17, 15) is 10.1 Å². The summed E-state index contributed by atoms with van der Waals surface area (Å²) >= 11 is 0. The zero-order valence-electron chi connectivity index (χ0n) is 23.1. The molecule has 6 nitrogen and oxygen atoms in total. The number of nitrogens with zero attached hydrogens (tertiary/aromatic N) is 3. The highest BCUT2D eigenvalue weighted by molar-refractivity contribution is 6.20. The third-order valence-corrected chi connectivity index (χ3v) is 9.67. The molecule has 38 heavy (non-hydrogen) atoms. The molecule has 6 rings (SSSR count). The molecule has 2 saturated heterocycles. The molecule has 0 spiro atoms. The lowest BCUT2D eigenvalue weighted by Crippen LogP contribution is -2.58. The number of carbonyl (C=O) groups excluding carboxylic acids is 1. The molecule has 1 N–H and O–H groups in total. The van der Waals surface area contributed by atoms with Crippen molar-refractivity contribution >= 4 is 22.4 Å². The summed E-state index contributed by atoms with van der Waals surface area (Å²) in [6, 6.07) is 12.3. The Morgan fingerprint density at radius 3 is 2.45 bits per heavy atom. The second kappa shape index (κ2) is 9.25. The molecular formula is C32H38N4O2. The fourth-order valence-corrected chi connectivity index (χ4v) is 7.25. The number of H-pyrrole nitrogens is 1. The molecule has 0 bridgehead atoms. The first-order valence-corrected chi connectivity index (χ1v) is 14.2. The molecule has 0 saturated carbocycles. The number of benzene rings is 2. The van der Waals surface area contributed by atoms with E-state index in [1.165, 1.54) is 17.7 Å². The van der Waals surface area contributed by atoms with E-state index in [-0.39, 0.29) is 16.7 Å². The molecule has 1 aromatic heterocycles. The van der Waals surface area contributed by atoms with Crippen molar-refractivity contribution < 1.29 is 9.53 Å². The number of nitriles is 1. The summed E-state index contributed by atoms with van der Waals surface area (Å²) < 4.78 is 5.64. The third-order valence-electron chi connectivity index (χ3n) is 9.67. The van der Waals surface area contributed by atoms with Gasteiger partial charge in [-0.15, -0.1) is 0 Å². The van der Waals surface area contributed by atoms with Gasteiger partial charge in [-0.1, -0.05) is 33.8 Å². The number of aromatic nitrogens is 1. The Bertz CT molecular complexity index is 1450. The lowest BCUT2D eigenvalue weighted by atomic mass is 9.70. The largest absolute Gasteiger partial charge is 0.379 e. The Balaban J connectivity index is 1.38. The smallest absolute Gasteiger partial charge is 0.195 e. The Hall–Kier alpha value is -3.14. The predicted octanol–water partition coefficient (Wildman–Crippen LogP) is 5.55. The number of piperidine rings is 1. The zero-order chi connectivity index (χ0) is 26.7. The number of morpholine rings is 1. The molecule has 2 fully saturated rings. The number of hydrogen-bond donors (Lipinski definition) is 1. The third kappa shape index (κ3) is 3.71. The van der Waals surface area contributed by atoms with E-state index in [1.54, 1.807) is 6.07 Å². The molecule has 2 aliphatic heterocycles. The van der Waals surface area contributed by atoms with Gasteiger partial charge in [-0.05, 0) is 61.1 Å². The molecule has 2 aromatic carbocycles. The van der Waals surface area contributed by atoms with Crippen LogP contribution in [0.2, 0.25) is 0 Å². The van der Waals surface area contributed by atoms with Crippen LogP contribution in [0.3, 0.4) is 0 Å². The number of carbonyl (C=O) groups is 1. The predicted molar refractivity (Wildman–Crippen MR) is 151 cm³/mol. The summed E-state index contributed by atoms with van der Waals surface area (Å²) in [5.74, 6) is 0.0856. The standard InChI is InChI=1S/C32H38N4O2/c1-5-22-18-24-25(19-27(22)35-11-9-32(6-2,10-12-35)36-13-15-38-16-14-36)31(3,4)30-28(29(24)37)23-8-7-21(20-33)17-26(23)34-30/h7-8,17-19,34H,5-6,9-16H2,1-4H3. The lowest BCUT2D eigenvalue weighted by molar-refractivity contribution is -0.0340. The van der Waals surface area contributed by atoms with Gasteiger partial charge in [-0.2, -0.15) is 5.26 Å². The van der Waals surface area contributed by atoms with Gasteiger partial charge in [0.1, 0.15) is 0 Å². The van der Waals surface area contributed by atoms with Crippen LogP contribution in [0.4, 0.5) is 5.69 Å². The topological polar surface area (TPSA) is 72.4 Å². The molecule has 0 radical (unpaired) electrons. The summed E-state index contributed by atoms with van der Waals surface area (Å²) in [5, 5.41) is 10.3. The van der Waals surface area contributed by atoms with Crippen molar-refractivity contribution in [1.82, 2.24) is 9.88 Å². The van der Waals surface area contributed by atoms with Crippen molar-refractivity contribution in [2.24, 2.45) is 0 Å². The van der Waals surface area contributed by atoms with Crippen LogP contribution in [-0.4, -0.2) is 60.6 Å². The van der Waals surface area contributed by atoms with Crippen molar-refractivity contribution in [1.29, 1.82) is 5.26 Å². The minimum absolute atomic E-state index is 0.0856. The number of ether oxygens (including phenoxy) is 1. The first kappa shape index (κ1) is 25.2. The van der Waals surface area contributed by atoms with Crippen LogP contribution in [0.1, 0.15) is 85.3 Å². The molecular weight excluding hydrogens is 472 g/mol. The van der Waals surface area contributed by atoms with Crippen LogP contribution in [-0.2, 0) is 16.6 Å². The minimum Gasteiger partial charge on any atom is -0.379 e. The van der Waals surface area contributed by atoms with Crippen molar-refractivity contribution in [2.45, 2.75) is 64.3 Å². The first-order valence-electron chi connectivity index (χ1n) is 14.2. The van der Waals surface area contributed by atoms with Gasteiger partial charge in [-0.25, -0.2) is 0 Å². The molecule has 0 unspecified atom stereocenters. The Kier molecular flexibility index (Phi) is 6.13. The van der Waals surface area contributed by atoms with Crippen LogP contribution in [0.15, 0.2) is 30.3 Å². The van der Waals surface area contributed by atoms with Crippen LogP contribution >= 0.6 is 0 Å². The van der Waals surface area contributed by atoms with E-state index in [0.29, 0.717) is 5.56 Å². The van der Waals surface area contributed by atoms with E-state index < -0.39 is 0 Å². The number of anilines is 1. The average molecular weight is 511 g/mol. The minimum atomic E-state index is -0.359. The molecule has 3 aliphatic rings. The average Bonchev–Trinajstić information content (AvgIpc) is 3.36. The maximum atomic E-state index is 14.0. The van der Waals surface area contributed by atoms with Gasteiger partial charge in [0.2, 0.25) is 0 Å². The van der Waals surface area contributed by atoms with Crippen LogP contribution in [0.5, 0.6) is 0 Å². The highest BCUT2D eigenvalue weighted by Crippen LogP contribution is 2.46. The van der Waals surface area contributed by atoms with Gasteiger partial charge in [-0.3, -0.25) is 9.69 Å². The number of nitrogens with one attached hydrogen (secondary N) is 1. The fourth-order valence-electron chi connectivity index (χ4n) is 7.25.